The normalized spacial score (nSPS) is 13.8. The van der Waals surface area contributed by atoms with Gasteiger partial charge in [-0.3, -0.25) is 0 Å². The number of hydrogen-bond acceptors (Lipinski definition) is 2. The molecule has 1 saturated heterocycles. The van der Waals surface area contributed by atoms with E-state index in [1.165, 1.54) is 167 Å². The van der Waals surface area contributed by atoms with Crippen molar-refractivity contribution in [1.29, 1.82) is 0 Å². The van der Waals surface area contributed by atoms with Crippen LogP contribution in [-0.2, 0) is 4.74 Å². The Morgan fingerprint density at radius 1 is 0.459 bits per heavy atom. The molecule has 3 nitrogen and oxygen atoms in total. The highest BCUT2D eigenvalue weighted by Gasteiger charge is 2.17. The zero-order valence-electron chi connectivity index (χ0n) is 25.4. The molecule has 1 rings (SSSR count). The summed E-state index contributed by atoms with van der Waals surface area (Å²) in [4.78, 5) is 13.8. The van der Waals surface area contributed by atoms with Crippen LogP contribution in [-0.4, -0.2) is 30.7 Å². The fourth-order valence-electron chi connectivity index (χ4n) is 5.75. The van der Waals surface area contributed by atoms with Gasteiger partial charge in [0.2, 0.25) is 0 Å². The van der Waals surface area contributed by atoms with Gasteiger partial charge in [-0.25, -0.2) is 4.79 Å². The Kier molecular flexibility index (Phi) is 26.2. The second kappa shape index (κ2) is 28.3. The third-order valence-electron chi connectivity index (χ3n) is 8.34. The molecule has 0 saturated carbocycles. The van der Waals surface area contributed by atoms with Gasteiger partial charge in [-0.2, -0.15) is 0 Å². The molecule has 0 bridgehead atoms. The van der Waals surface area contributed by atoms with Crippen molar-refractivity contribution < 1.29 is 9.53 Å². The van der Waals surface area contributed by atoms with Gasteiger partial charge in [0.05, 0.1) is 6.61 Å². The molecule has 0 aromatic heterocycles. The van der Waals surface area contributed by atoms with Crippen LogP contribution in [0, 0.1) is 0 Å². The van der Waals surface area contributed by atoms with E-state index < -0.39 is 0 Å². The number of hydrogen-bond donors (Lipinski definition) is 0. The van der Waals surface area contributed by atoms with E-state index in [9.17, 15) is 4.79 Å². The van der Waals surface area contributed by atoms with Gasteiger partial charge in [0.1, 0.15) is 0 Å². The van der Waals surface area contributed by atoms with Crippen LogP contribution in [0.15, 0.2) is 0 Å². The number of amides is 1. The maximum Gasteiger partial charge on any atom is 0.409 e. The average Bonchev–Trinajstić information content (AvgIpc) is 2.93. The molecule has 0 radical (unpaired) electrons. The number of piperidine rings is 1. The molecule has 1 aliphatic heterocycles. The minimum atomic E-state index is -0.0840. The SMILES string of the molecule is CCCCCCCCCCCCCCCCCCCCCCCCCCCCOC(=O)N1CCCCC1. The zero-order valence-corrected chi connectivity index (χ0v) is 25.4. The zero-order chi connectivity index (χ0) is 26.5. The van der Waals surface area contributed by atoms with E-state index >= 15 is 0 Å². The first-order valence-electron chi connectivity index (χ1n) is 17.3. The fourth-order valence-corrected chi connectivity index (χ4v) is 5.75. The summed E-state index contributed by atoms with van der Waals surface area (Å²) in [6.45, 7) is 4.68. The number of rotatable bonds is 27. The van der Waals surface area contributed by atoms with Gasteiger partial charge in [-0.15, -0.1) is 0 Å². The molecule has 0 atom stereocenters. The summed E-state index contributed by atoms with van der Waals surface area (Å²) in [5.41, 5.74) is 0. The molecule has 0 unspecified atom stereocenters. The lowest BCUT2D eigenvalue weighted by Crippen LogP contribution is -2.36. The van der Waals surface area contributed by atoms with E-state index in [-0.39, 0.29) is 6.09 Å². The summed E-state index contributed by atoms with van der Waals surface area (Å²) < 4.78 is 5.42. The largest absolute Gasteiger partial charge is 0.449 e. The highest BCUT2D eigenvalue weighted by Crippen LogP contribution is 2.16. The van der Waals surface area contributed by atoms with Crippen molar-refractivity contribution in [2.45, 2.75) is 193 Å². The molecule has 1 amide bonds. The van der Waals surface area contributed by atoms with Crippen molar-refractivity contribution in [1.82, 2.24) is 4.90 Å². The summed E-state index contributed by atoms with van der Waals surface area (Å²) in [6.07, 6.45) is 40.2. The summed E-state index contributed by atoms with van der Waals surface area (Å²) in [7, 11) is 0. The second-order valence-corrected chi connectivity index (χ2v) is 12.0. The predicted molar refractivity (Wildman–Crippen MR) is 162 cm³/mol. The molecule has 37 heavy (non-hydrogen) atoms. The highest BCUT2D eigenvalue weighted by molar-refractivity contribution is 5.67. The van der Waals surface area contributed by atoms with Gasteiger partial charge >= 0.3 is 6.09 Å². The Morgan fingerprint density at radius 3 is 1.08 bits per heavy atom. The Morgan fingerprint density at radius 2 is 0.757 bits per heavy atom. The summed E-state index contributed by atoms with van der Waals surface area (Å²) >= 11 is 0. The van der Waals surface area contributed by atoms with Crippen molar-refractivity contribution in [3.8, 4) is 0 Å². The maximum atomic E-state index is 11.9. The molecule has 220 valence electrons. The molecule has 3 heteroatoms. The van der Waals surface area contributed by atoms with Gasteiger partial charge in [0.25, 0.3) is 0 Å². The lowest BCUT2D eigenvalue weighted by Gasteiger charge is -2.25. The van der Waals surface area contributed by atoms with E-state index in [0.717, 1.165) is 32.4 Å². The number of nitrogens with zero attached hydrogens (tertiary/aromatic N) is 1. The molecule has 0 N–H and O–H groups in total. The Bertz CT molecular complexity index is 461. The van der Waals surface area contributed by atoms with Crippen molar-refractivity contribution in [3.05, 3.63) is 0 Å². The summed E-state index contributed by atoms with van der Waals surface area (Å²) in [6, 6.07) is 0. The molecule has 1 heterocycles. The van der Waals surface area contributed by atoms with Crippen LogP contribution < -0.4 is 0 Å². The maximum absolute atomic E-state index is 11.9. The van der Waals surface area contributed by atoms with Crippen LogP contribution >= 0.6 is 0 Å². The number of ether oxygens (including phenoxy) is 1. The van der Waals surface area contributed by atoms with Crippen LogP contribution in [0.2, 0.25) is 0 Å². The van der Waals surface area contributed by atoms with Crippen LogP contribution in [0.25, 0.3) is 0 Å². The van der Waals surface area contributed by atoms with Gasteiger partial charge in [-0.1, -0.05) is 167 Å². The second-order valence-electron chi connectivity index (χ2n) is 12.0. The molecule has 1 aliphatic rings. The monoisotopic (exact) mass is 522 g/mol. The molecule has 0 aromatic rings. The third-order valence-corrected chi connectivity index (χ3v) is 8.34. The highest BCUT2D eigenvalue weighted by atomic mass is 16.6. The van der Waals surface area contributed by atoms with Crippen molar-refractivity contribution in [2.24, 2.45) is 0 Å². The van der Waals surface area contributed by atoms with E-state index in [1.54, 1.807) is 0 Å². The van der Waals surface area contributed by atoms with Crippen LogP contribution in [0.3, 0.4) is 0 Å². The van der Waals surface area contributed by atoms with Gasteiger partial charge in [0, 0.05) is 13.1 Å². The van der Waals surface area contributed by atoms with Crippen LogP contribution in [0.1, 0.15) is 193 Å². The number of unbranched alkanes of at least 4 members (excludes halogenated alkanes) is 25. The standard InChI is InChI=1S/C34H67NO2/c1-2-3-4-5-6-7-8-9-10-11-12-13-14-15-16-17-18-19-20-21-22-23-24-25-26-30-33-37-34(36)35-31-28-27-29-32-35/h2-33H2,1H3. The molecular weight excluding hydrogens is 454 g/mol. The Labute approximate surface area is 233 Å². The molecule has 0 aromatic carbocycles. The van der Waals surface area contributed by atoms with Crippen molar-refractivity contribution >= 4 is 6.09 Å². The molecule has 0 aliphatic carbocycles. The first kappa shape index (κ1) is 34.3. The van der Waals surface area contributed by atoms with Crippen LogP contribution in [0.4, 0.5) is 4.79 Å². The summed E-state index contributed by atoms with van der Waals surface area (Å²) in [5.74, 6) is 0. The van der Waals surface area contributed by atoms with Gasteiger partial charge in [-0.05, 0) is 25.7 Å². The van der Waals surface area contributed by atoms with Crippen LogP contribution in [0.5, 0.6) is 0 Å². The minimum absolute atomic E-state index is 0.0840. The lowest BCUT2D eigenvalue weighted by molar-refractivity contribution is 0.0936. The minimum Gasteiger partial charge on any atom is -0.449 e. The van der Waals surface area contributed by atoms with E-state index in [4.69, 9.17) is 4.74 Å². The van der Waals surface area contributed by atoms with Gasteiger partial charge < -0.3 is 9.64 Å². The molecule has 1 fully saturated rings. The quantitative estimate of drug-likeness (QED) is 0.101. The topological polar surface area (TPSA) is 29.5 Å². The molecule has 0 spiro atoms. The van der Waals surface area contributed by atoms with E-state index in [1.807, 2.05) is 4.90 Å². The third kappa shape index (κ3) is 24.1. The lowest BCUT2D eigenvalue weighted by atomic mass is 10.0. The smallest absolute Gasteiger partial charge is 0.409 e. The van der Waals surface area contributed by atoms with Crippen molar-refractivity contribution in [3.63, 3.8) is 0 Å². The van der Waals surface area contributed by atoms with Gasteiger partial charge in [0.15, 0.2) is 0 Å². The molecular formula is C34H67NO2. The number of likely N-dealkylation sites (tertiary alicyclic amines) is 1. The Balaban J connectivity index is 1.64. The first-order chi connectivity index (χ1) is 18.3. The van der Waals surface area contributed by atoms with E-state index in [2.05, 4.69) is 6.92 Å². The summed E-state index contributed by atoms with van der Waals surface area (Å²) in [5, 5.41) is 0. The number of carbonyl (C=O) groups is 1. The Hall–Kier alpha value is -0.730. The fraction of sp³-hybridized carbons (Fsp3) is 0.971. The average molecular weight is 522 g/mol. The predicted octanol–water partition coefficient (Wildman–Crippen LogP) is 11.8. The van der Waals surface area contributed by atoms with Crippen molar-refractivity contribution in [2.75, 3.05) is 19.7 Å². The number of carbonyl (C=O) groups excluding carboxylic acids is 1. The first-order valence-corrected chi connectivity index (χ1v) is 17.3. The van der Waals surface area contributed by atoms with E-state index in [0.29, 0.717) is 6.61 Å².